The monoisotopic (exact) mass is 350 g/mol. The number of hydrogen-bond acceptors (Lipinski definition) is 0. The maximum Gasteiger partial charge on any atom is 0.405 e. The maximum atomic E-state index is 12.3. The van der Waals surface area contributed by atoms with Gasteiger partial charge in [0.15, 0.2) is 0 Å². The molecule has 0 radical (unpaired) electrons. The highest BCUT2D eigenvalue weighted by Crippen LogP contribution is 2.41. The summed E-state index contributed by atoms with van der Waals surface area (Å²) in [4.78, 5) is -1.69. The van der Waals surface area contributed by atoms with E-state index in [2.05, 4.69) is 31.9 Å². The van der Waals surface area contributed by atoms with Gasteiger partial charge in [0.2, 0.25) is 0 Å². The first-order valence-electron chi connectivity index (χ1n) is 3.47. The van der Waals surface area contributed by atoms with Crippen LogP contribution in [0.25, 0.3) is 0 Å². The molecule has 1 atom stereocenters. The first kappa shape index (κ1) is 12.3. The highest BCUT2D eigenvalue weighted by molar-refractivity contribution is 9.10. The van der Waals surface area contributed by atoms with E-state index < -0.39 is 11.0 Å². The predicted octanol–water partition coefficient (Wildman–Crippen LogP) is 5.10. The van der Waals surface area contributed by atoms with Gasteiger partial charge in [-0.15, -0.1) is 0 Å². The summed E-state index contributed by atoms with van der Waals surface area (Å²) in [6, 6.07) is 4.18. The van der Waals surface area contributed by atoms with Crippen molar-refractivity contribution in [3.05, 3.63) is 33.3 Å². The largest absolute Gasteiger partial charge is 0.405 e. The molecule has 0 aromatic heterocycles. The van der Waals surface area contributed by atoms with Gasteiger partial charge >= 0.3 is 6.18 Å². The Balaban J connectivity index is 3.07. The predicted molar refractivity (Wildman–Crippen MR) is 56.9 cm³/mol. The van der Waals surface area contributed by atoms with Crippen LogP contribution in [0.3, 0.4) is 0 Å². The van der Waals surface area contributed by atoms with Gasteiger partial charge < -0.3 is 0 Å². The molecule has 14 heavy (non-hydrogen) atoms. The van der Waals surface area contributed by atoms with Gasteiger partial charge in [-0.1, -0.05) is 43.5 Å². The van der Waals surface area contributed by atoms with E-state index in [-0.39, 0.29) is 10.6 Å². The fourth-order valence-corrected chi connectivity index (χ4v) is 2.06. The van der Waals surface area contributed by atoms with E-state index in [9.17, 15) is 13.2 Å². The zero-order chi connectivity index (χ0) is 10.9. The molecule has 0 aliphatic rings. The normalized spacial score (nSPS) is 14.1. The van der Waals surface area contributed by atoms with Crippen molar-refractivity contribution in [1.82, 2.24) is 0 Å². The minimum atomic E-state index is -4.32. The quantitative estimate of drug-likeness (QED) is 0.617. The summed E-state index contributed by atoms with van der Waals surface area (Å²) < 4.78 is 37.4. The van der Waals surface area contributed by atoms with Crippen molar-refractivity contribution in [1.29, 1.82) is 0 Å². The molecule has 0 nitrogen and oxygen atoms in total. The first-order chi connectivity index (χ1) is 6.30. The molecular weight excluding hydrogens is 348 g/mol. The van der Waals surface area contributed by atoms with Crippen LogP contribution in [0.5, 0.6) is 0 Å². The molecule has 1 aromatic carbocycles. The van der Waals surface area contributed by atoms with Gasteiger partial charge in [-0.05, 0) is 23.8 Å². The Morgan fingerprint density at radius 3 is 2.21 bits per heavy atom. The van der Waals surface area contributed by atoms with Crippen LogP contribution in [0, 0.1) is 0 Å². The minimum absolute atomic E-state index is 0.0804. The standard InChI is InChI=1S/C8H4Br2ClF3/c9-5-1-4(2-6(11)3-5)7(10)8(12,13)14/h1-3,7H. The third kappa shape index (κ3) is 3.14. The molecule has 0 aliphatic heterocycles. The van der Waals surface area contributed by atoms with Crippen LogP contribution in [0.15, 0.2) is 22.7 Å². The fourth-order valence-electron chi connectivity index (χ4n) is 0.910. The van der Waals surface area contributed by atoms with E-state index in [1.54, 1.807) is 0 Å². The summed E-state index contributed by atoms with van der Waals surface area (Å²) >= 11 is 11.3. The highest BCUT2D eigenvalue weighted by Gasteiger charge is 2.38. The Bertz CT molecular complexity index is 318. The number of hydrogen-bond donors (Lipinski definition) is 0. The first-order valence-corrected chi connectivity index (χ1v) is 5.56. The summed E-state index contributed by atoms with van der Waals surface area (Å²) in [5, 5.41) is 0.267. The zero-order valence-electron chi connectivity index (χ0n) is 6.58. The van der Waals surface area contributed by atoms with E-state index >= 15 is 0 Å². The van der Waals surface area contributed by atoms with Crippen molar-refractivity contribution in [2.75, 3.05) is 0 Å². The smallest absolute Gasteiger partial charge is 0.169 e. The molecule has 0 N–H and O–H groups in total. The number of halogens is 6. The van der Waals surface area contributed by atoms with Crippen LogP contribution >= 0.6 is 43.5 Å². The summed E-state index contributed by atoms with van der Waals surface area (Å²) in [7, 11) is 0. The van der Waals surface area contributed by atoms with Crippen molar-refractivity contribution < 1.29 is 13.2 Å². The van der Waals surface area contributed by atoms with Crippen molar-refractivity contribution in [3.63, 3.8) is 0 Å². The minimum Gasteiger partial charge on any atom is -0.169 e. The van der Waals surface area contributed by atoms with Crippen molar-refractivity contribution in [2.24, 2.45) is 0 Å². The zero-order valence-corrected chi connectivity index (χ0v) is 10.5. The van der Waals surface area contributed by atoms with Crippen molar-refractivity contribution in [3.8, 4) is 0 Å². The Morgan fingerprint density at radius 1 is 1.21 bits per heavy atom. The Labute approximate surface area is 101 Å². The van der Waals surface area contributed by atoms with Gasteiger partial charge in [-0.25, -0.2) is 0 Å². The fraction of sp³-hybridized carbons (Fsp3) is 0.250. The molecular formula is C8H4Br2ClF3. The summed E-state index contributed by atoms with van der Waals surface area (Å²) in [5.74, 6) is 0. The maximum absolute atomic E-state index is 12.3. The van der Waals surface area contributed by atoms with Gasteiger partial charge in [-0.2, -0.15) is 13.2 Å². The molecule has 78 valence electrons. The Kier molecular flexibility index (Phi) is 3.88. The van der Waals surface area contributed by atoms with Gasteiger partial charge in [0, 0.05) is 9.50 Å². The molecule has 1 unspecified atom stereocenters. The molecule has 1 rings (SSSR count). The summed E-state index contributed by atoms with van der Waals surface area (Å²) in [6.45, 7) is 0. The lowest BCUT2D eigenvalue weighted by Crippen LogP contribution is -2.15. The van der Waals surface area contributed by atoms with Crippen LogP contribution < -0.4 is 0 Å². The molecule has 1 aromatic rings. The third-order valence-corrected chi connectivity index (χ3v) is 3.19. The number of alkyl halides is 4. The van der Waals surface area contributed by atoms with Crippen LogP contribution in [0.2, 0.25) is 5.02 Å². The van der Waals surface area contributed by atoms with Crippen LogP contribution in [0.4, 0.5) is 13.2 Å². The Morgan fingerprint density at radius 2 is 1.79 bits per heavy atom. The molecule has 0 saturated carbocycles. The topological polar surface area (TPSA) is 0 Å². The molecule has 0 saturated heterocycles. The van der Waals surface area contributed by atoms with Gasteiger partial charge in [0.05, 0.1) is 0 Å². The van der Waals surface area contributed by atoms with Gasteiger partial charge in [0.25, 0.3) is 0 Å². The van der Waals surface area contributed by atoms with E-state index in [1.165, 1.54) is 18.2 Å². The second-order valence-electron chi connectivity index (χ2n) is 2.61. The lowest BCUT2D eigenvalue weighted by molar-refractivity contribution is -0.128. The molecule has 0 fully saturated rings. The molecule has 6 heteroatoms. The second kappa shape index (κ2) is 4.41. The molecule has 0 aliphatic carbocycles. The molecule has 0 amide bonds. The van der Waals surface area contributed by atoms with E-state index in [0.29, 0.717) is 4.47 Å². The number of rotatable bonds is 1. The molecule has 0 heterocycles. The SMILES string of the molecule is FC(F)(F)C(Br)c1cc(Cl)cc(Br)c1. The highest BCUT2D eigenvalue weighted by atomic mass is 79.9. The summed E-state index contributed by atoms with van der Waals surface area (Å²) in [5.41, 5.74) is 0.0804. The van der Waals surface area contributed by atoms with E-state index in [0.717, 1.165) is 0 Å². The number of benzene rings is 1. The van der Waals surface area contributed by atoms with Crippen molar-refractivity contribution in [2.45, 2.75) is 11.0 Å². The van der Waals surface area contributed by atoms with Gasteiger partial charge in [0.1, 0.15) is 4.83 Å². The third-order valence-electron chi connectivity index (χ3n) is 1.46. The van der Waals surface area contributed by atoms with Crippen LogP contribution in [0.1, 0.15) is 10.4 Å². The second-order valence-corrected chi connectivity index (χ2v) is 4.87. The van der Waals surface area contributed by atoms with E-state index in [1.807, 2.05) is 0 Å². The summed E-state index contributed by atoms with van der Waals surface area (Å²) in [6.07, 6.45) is -4.32. The van der Waals surface area contributed by atoms with Gasteiger partial charge in [-0.3, -0.25) is 0 Å². The van der Waals surface area contributed by atoms with Crippen LogP contribution in [-0.4, -0.2) is 6.18 Å². The Hall–Kier alpha value is 0.260. The average Bonchev–Trinajstić information content (AvgIpc) is 1.99. The van der Waals surface area contributed by atoms with Crippen LogP contribution in [-0.2, 0) is 0 Å². The lowest BCUT2D eigenvalue weighted by Gasteiger charge is -2.14. The van der Waals surface area contributed by atoms with Crippen molar-refractivity contribution >= 4 is 43.5 Å². The molecule has 0 bridgehead atoms. The lowest BCUT2D eigenvalue weighted by atomic mass is 10.1. The average molecular weight is 352 g/mol. The van der Waals surface area contributed by atoms with E-state index in [4.69, 9.17) is 11.6 Å². The molecule has 0 spiro atoms.